The van der Waals surface area contributed by atoms with Gasteiger partial charge < -0.3 is 25.5 Å². The number of aromatic nitrogens is 3. The van der Waals surface area contributed by atoms with Gasteiger partial charge in [-0.05, 0) is 43.5 Å². The Morgan fingerprint density at radius 3 is 2.77 bits per heavy atom. The minimum absolute atomic E-state index is 0.0359. The van der Waals surface area contributed by atoms with Gasteiger partial charge in [-0.25, -0.2) is 4.98 Å². The standard InChI is InChI=1S/C18H19N5O.C6H12O/c1-24-14-4-2-3-13(9-14)22-18-21-11-16-15(10-20-17(16)23-18)12-5-7-19-8-6-12;7-6-4-2-1-3-5-6/h2-5,9-11,19H,6-8H2,1H3,(H2,20,21,22,23);6-7H,1-5H2. The topological polar surface area (TPSA) is 95.1 Å². The Hall–Kier alpha value is -2.90. The van der Waals surface area contributed by atoms with Crippen molar-refractivity contribution in [3.05, 3.63) is 48.3 Å². The molecule has 1 aromatic carbocycles. The van der Waals surface area contributed by atoms with Gasteiger partial charge in [-0.1, -0.05) is 31.4 Å². The number of aromatic amines is 1. The molecule has 1 aliphatic heterocycles. The summed E-state index contributed by atoms with van der Waals surface area (Å²) in [4.78, 5) is 12.3. The van der Waals surface area contributed by atoms with Gasteiger partial charge in [-0.15, -0.1) is 0 Å². The Bertz CT molecular complexity index is 1020. The zero-order valence-electron chi connectivity index (χ0n) is 18.0. The first-order valence-electron chi connectivity index (χ1n) is 11.1. The summed E-state index contributed by atoms with van der Waals surface area (Å²) in [5, 5.41) is 16.5. The number of benzene rings is 1. The van der Waals surface area contributed by atoms with E-state index in [2.05, 4.69) is 31.7 Å². The predicted molar refractivity (Wildman–Crippen MR) is 125 cm³/mol. The van der Waals surface area contributed by atoms with Crippen LogP contribution in [-0.4, -0.2) is 46.4 Å². The molecule has 0 radical (unpaired) electrons. The zero-order valence-corrected chi connectivity index (χ0v) is 18.0. The van der Waals surface area contributed by atoms with E-state index in [4.69, 9.17) is 9.84 Å². The van der Waals surface area contributed by atoms with E-state index in [1.54, 1.807) is 7.11 Å². The van der Waals surface area contributed by atoms with Gasteiger partial charge in [0.05, 0.1) is 13.2 Å². The summed E-state index contributed by atoms with van der Waals surface area (Å²) in [5.74, 6) is 1.35. The maximum absolute atomic E-state index is 8.91. The van der Waals surface area contributed by atoms with Crippen molar-refractivity contribution in [2.24, 2.45) is 0 Å². The first kappa shape index (κ1) is 21.3. The molecule has 0 saturated heterocycles. The predicted octanol–water partition coefficient (Wildman–Crippen LogP) is 4.40. The zero-order chi connectivity index (χ0) is 21.5. The molecule has 7 nitrogen and oxygen atoms in total. The lowest BCUT2D eigenvalue weighted by atomic mass is 9.98. The minimum atomic E-state index is 0.0359. The van der Waals surface area contributed by atoms with Crippen LogP contribution in [0.2, 0.25) is 0 Å². The van der Waals surface area contributed by atoms with Crippen molar-refractivity contribution in [1.82, 2.24) is 20.3 Å². The molecule has 5 rings (SSSR count). The molecule has 3 heterocycles. The average Bonchev–Trinajstić information content (AvgIpc) is 3.24. The van der Waals surface area contributed by atoms with Crippen LogP contribution in [0.1, 0.15) is 44.1 Å². The fourth-order valence-corrected chi connectivity index (χ4v) is 4.01. The van der Waals surface area contributed by atoms with Crippen LogP contribution in [0.25, 0.3) is 16.6 Å². The van der Waals surface area contributed by atoms with Crippen molar-refractivity contribution in [3.8, 4) is 5.75 Å². The van der Waals surface area contributed by atoms with Crippen LogP contribution in [0, 0.1) is 0 Å². The van der Waals surface area contributed by atoms with Crippen LogP contribution in [0.5, 0.6) is 5.75 Å². The lowest BCUT2D eigenvalue weighted by Gasteiger charge is -2.14. The van der Waals surface area contributed by atoms with Gasteiger partial charge in [-0.3, -0.25) is 0 Å². The third-order valence-electron chi connectivity index (χ3n) is 5.74. The lowest BCUT2D eigenvalue weighted by molar-refractivity contribution is 0.130. The van der Waals surface area contributed by atoms with E-state index in [0.29, 0.717) is 5.95 Å². The van der Waals surface area contributed by atoms with Crippen molar-refractivity contribution in [3.63, 3.8) is 0 Å². The van der Waals surface area contributed by atoms with Gasteiger partial charge >= 0.3 is 0 Å². The number of anilines is 2. The number of nitrogens with one attached hydrogen (secondary N) is 3. The number of hydrogen-bond donors (Lipinski definition) is 4. The molecule has 4 N–H and O–H groups in total. The Morgan fingerprint density at radius 1 is 1.19 bits per heavy atom. The largest absolute Gasteiger partial charge is 0.497 e. The van der Waals surface area contributed by atoms with E-state index < -0.39 is 0 Å². The number of nitrogens with zero attached hydrogens (tertiary/aromatic N) is 2. The van der Waals surface area contributed by atoms with Crippen molar-refractivity contribution in [2.45, 2.75) is 44.6 Å². The molecule has 1 fully saturated rings. The van der Waals surface area contributed by atoms with Crippen molar-refractivity contribution >= 4 is 28.2 Å². The van der Waals surface area contributed by atoms with E-state index >= 15 is 0 Å². The van der Waals surface area contributed by atoms with E-state index in [9.17, 15) is 0 Å². The van der Waals surface area contributed by atoms with Crippen molar-refractivity contribution in [2.75, 3.05) is 25.5 Å². The SMILES string of the molecule is COc1cccc(Nc2ncc3c(C4=CCNCC4)c[nH]c3n2)c1.OC1CCCCC1. The summed E-state index contributed by atoms with van der Waals surface area (Å²) >= 11 is 0. The summed E-state index contributed by atoms with van der Waals surface area (Å²) in [6.45, 7) is 1.92. The molecule has 0 amide bonds. The molecule has 3 aromatic rings. The molecule has 1 saturated carbocycles. The van der Waals surface area contributed by atoms with E-state index in [1.165, 1.54) is 30.4 Å². The highest BCUT2D eigenvalue weighted by atomic mass is 16.5. The van der Waals surface area contributed by atoms with Crippen LogP contribution in [0.4, 0.5) is 11.6 Å². The number of H-pyrrole nitrogens is 1. The van der Waals surface area contributed by atoms with Gasteiger partial charge in [0.15, 0.2) is 0 Å². The smallest absolute Gasteiger partial charge is 0.229 e. The lowest BCUT2D eigenvalue weighted by Crippen LogP contribution is -2.19. The minimum Gasteiger partial charge on any atom is -0.497 e. The Labute approximate surface area is 183 Å². The van der Waals surface area contributed by atoms with Crippen molar-refractivity contribution < 1.29 is 9.84 Å². The molecule has 0 spiro atoms. The molecule has 2 aliphatic rings. The van der Waals surface area contributed by atoms with Gasteiger partial charge in [-0.2, -0.15) is 4.98 Å². The van der Waals surface area contributed by atoms with E-state index in [0.717, 1.165) is 54.8 Å². The highest BCUT2D eigenvalue weighted by Crippen LogP contribution is 2.28. The Balaban J connectivity index is 0.000000282. The molecular weight excluding hydrogens is 390 g/mol. The maximum atomic E-state index is 8.91. The van der Waals surface area contributed by atoms with Gasteiger partial charge in [0, 0.05) is 41.6 Å². The molecular formula is C24H31N5O2. The highest BCUT2D eigenvalue weighted by molar-refractivity contribution is 5.90. The summed E-state index contributed by atoms with van der Waals surface area (Å²) in [6, 6.07) is 7.69. The Morgan fingerprint density at radius 2 is 2.06 bits per heavy atom. The number of hydrogen-bond acceptors (Lipinski definition) is 6. The van der Waals surface area contributed by atoms with Gasteiger partial charge in [0.25, 0.3) is 0 Å². The molecule has 0 atom stereocenters. The molecule has 164 valence electrons. The summed E-state index contributed by atoms with van der Waals surface area (Å²) in [5.41, 5.74) is 4.27. The third-order valence-corrected chi connectivity index (χ3v) is 5.74. The van der Waals surface area contributed by atoms with Crippen LogP contribution in [0.15, 0.2) is 42.7 Å². The Kier molecular flexibility index (Phi) is 7.17. The number of aliphatic hydroxyl groups is 1. The highest BCUT2D eigenvalue weighted by Gasteiger charge is 2.13. The van der Waals surface area contributed by atoms with Gasteiger partial charge in [0.1, 0.15) is 11.4 Å². The van der Waals surface area contributed by atoms with E-state index in [-0.39, 0.29) is 6.10 Å². The molecule has 1 aliphatic carbocycles. The number of methoxy groups -OCH3 is 1. The molecule has 0 bridgehead atoms. The second kappa shape index (κ2) is 10.4. The number of fused-ring (bicyclic) bond motifs is 1. The van der Waals surface area contributed by atoms with Gasteiger partial charge in [0.2, 0.25) is 5.95 Å². The number of rotatable bonds is 4. The monoisotopic (exact) mass is 421 g/mol. The summed E-state index contributed by atoms with van der Waals surface area (Å²) in [7, 11) is 1.65. The number of aliphatic hydroxyl groups excluding tert-OH is 1. The van der Waals surface area contributed by atoms with Crippen LogP contribution < -0.4 is 15.4 Å². The van der Waals surface area contributed by atoms with Crippen LogP contribution in [0.3, 0.4) is 0 Å². The van der Waals surface area contributed by atoms with Crippen molar-refractivity contribution in [1.29, 1.82) is 0 Å². The first-order chi connectivity index (χ1) is 15.2. The van der Waals surface area contributed by atoms with E-state index in [1.807, 2.05) is 36.7 Å². The molecule has 0 unspecified atom stereocenters. The average molecular weight is 422 g/mol. The van der Waals surface area contributed by atoms with Crippen LogP contribution >= 0.6 is 0 Å². The quantitative estimate of drug-likeness (QED) is 0.499. The summed E-state index contributed by atoms with van der Waals surface area (Å²) in [6.07, 6.45) is 13.1. The van der Waals surface area contributed by atoms with Crippen LogP contribution in [-0.2, 0) is 0 Å². The fraction of sp³-hybridized carbons (Fsp3) is 0.417. The molecule has 31 heavy (non-hydrogen) atoms. The normalized spacial score (nSPS) is 16.9. The number of ether oxygens (including phenoxy) is 1. The third kappa shape index (κ3) is 5.62. The molecule has 7 heteroatoms. The fourth-order valence-electron chi connectivity index (χ4n) is 4.01. The first-order valence-corrected chi connectivity index (χ1v) is 11.1. The molecule has 2 aromatic heterocycles. The second-order valence-corrected chi connectivity index (χ2v) is 7.99. The summed E-state index contributed by atoms with van der Waals surface area (Å²) < 4.78 is 5.23. The second-order valence-electron chi connectivity index (χ2n) is 7.99. The maximum Gasteiger partial charge on any atom is 0.229 e.